The fraction of sp³-hybridized carbons (Fsp3) is 0. The zero-order chi connectivity index (χ0) is 11.0. The highest BCUT2D eigenvalue weighted by Crippen LogP contribution is 2.27. The summed E-state index contributed by atoms with van der Waals surface area (Å²) in [5.41, 5.74) is 11.5. The van der Waals surface area contributed by atoms with Gasteiger partial charge in [0.15, 0.2) is 0 Å². The summed E-state index contributed by atoms with van der Waals surface area (Å²) in [7, 11) is 0. The van der Waals surface area contributed by atoms with Gasteiger partial charge in [0.25, 0.3) is 5.91 Å². The number of rotatable bonds is 1. The zero-order valence-corrected chi connectivity index (χ0v) is 7.90. The van der Waals surface area contributed by atoms with Gasteiger partial charge in [0.1, 0.15) is 5.75 Å². The molecule has 0 saturated heterocycles. The van der Waals surface area contributed by atoms with Crippen LogP contribution in [0.5, 0.6) is 5.75 Å². The smallest absolute Gasteiger partial charge is 0.253 e. The molecule has 0 unspecified atom stereocenters. The number of fused-ring (bicyclic) bond motifs is 1. The Bertz CT molecular complexity index is 550. The molecule has 0 bridgehead atoms. The monoisotopic (exact) mass is 202 g/mol. The summed E-state index contributed by atoms with van der Waals surface area (Å²) in [5.74, 6) is -0.761. The lowest BCUT2D eigenvalue weighted by molar-refractivity contribution is 0.0999. The molecule has 0 aliphatic heterocycles. The molecule has 0 aliphatic carbocycles. The lowest BCUT2D eigenvalue weighted by Crippen LogP contribution is -2.11. The summed E-state index contributed by atoms with van der Waals surface area (Å²) in [5, 5.41) is 10.9. The SMILES string of the molecule is NC(=O)c1c(O)ccc2cc(N)ccc12. The summed E-state index contributed by atoms with van der Waals surface area (Å²) < 4.78 is 0. The number of aromatic hydroxyl groups is 1. The molecular weight excluding hydrogens is 192 g/mol. The molecule has 4 heteroatoms. The fourth-order valence-corrected chi connectivity index (χ4v) is 1.60. The number of nitrogen functional groups attached to an aromatic ring is 1. The number of hydrogen-bond donors (Lipinski definition) is 3. The normalized spacial score (nSPS) is 10.4. The second-order valence-electron chi connectivity index (χ2n) is 3.30. The molecule has 0 spiro atoms. The lowest BCUT2D eigenvalue weighted by Gasteiger charge is -2.06. The summed E-state index contributed by atoms with van der Waals surface area (Å²) >= 11 is 0. The van der Waals surface area contributed by atoms with E-state index in [-0.39, 0.29) is 11.3 Å². The first-order chi connectivity index (χ1) is 7.09. The van der Waals surface area contributed by atoms with Gasteiger partial charge in [-0.05, 0) is 29.0 Å². The molecule has 0 aromatic heterocycles. The minimum absolute atomic E-state index is 0.111. The van der Waals surface area contributed by atoms with Crippen molar-refractivity contribution < 1.29 is 9.90 Å². The Morgan fingerprint density at radius 1 is 1.20 bits per heavy atom. The highest BCUT2D eigenvalue weighted by atomic mass is 16.3. The third-order valence-electron chi connectivity index (χ3n) is 2.27. The first kappa shape index (κ1) is 9.33. The molecule has 2 aromatic carbocycles. The highest BCUT2D eigenvalue weighted by Gasteiger charge is 2.11. The maximum atomic E-state index is 11.2. The van der Waals surface area contributed by atoms with E-state index in [0.29, 0.717) is 11.1 Å². The summed E-state index contributed by atoms with van der Waals surface area (Å²) in [6, 6.07) is 8.18. The van der Waals surface area contributed by atoms with Crippen molar-refractivity contribution in [2.45, 2.75) is 0 Å². The van der Waals surface area contributed by atoms with E-state index < -0.39 is 5.91 Å². The van der Waals surface area contributed by atoms with Gasteiger partial charge in [-0.25, -0.2) is 0 Å². The van der Waals surface area contributed by atoms with Crippen LogP contribution < -0.4 is 11.5 Å². The Labute approximate surface area is 86.1 Å². The lowest BCUT2D eigenvalue weighted by atomic mass is 10.0. The molecular formula is C11H10N2O2. The van der Waals surface area contributed by atoms with Gasteiger partial charge >= 0.3 is 0 Å². The summed E-state index contributed by atoms with van der Waals surface area (Å²) in [6.07, 6.45) is 0. The van der Waals surface area contributed by atoms with E-state index in [0.717, 1.165) is 5.39 Å². The van der Waals surface area contributed by atoms with Gasteiger partial charge in [-0.2, -0.15) is 0 Å². The Morgan fingerprint density at radius 3 is 2.60 bits per heavy atom. The maximum absolute atomic E-state index is 11.2. The van der Waals surface area contributed by atoms with Crippen molar-refractivity contribution in [2.75, 3.05) is 5.73 Å². The Hall–Kier alpha value is -2.23. The Morgan fingerprint density at radius 2 is 1.93 bits per heavy atom. The van der Waals surface area contributed by atoms with E-state index in [2.05, 4.69) is 0 Å². The number of anilines is 1. The third kappa shape index (κ3) is 1.46. The van der Waals surface area contributed by atoms with E-state index in [4.69, 9.17) is 11.5 Å². The molecule has 0 aliphatic rings. The average Bonchev–Trinajstić information content (AvgIpc) is 2.17. The van der Waals surface area contributed by atoms with Crippen LogP contribution in [0.4, 0.5) is 5.69 Å². The second kappa shape index (κ2) is 3.16. The van der Waals surface area contributed by atoms with E-state index in [9.17, 15) is 9.90 Å². The predicted octanol–water partition coefficient (Wildman–Crippen LogP) is 1.23. The molecule has 4 nitrogen and oxygen atoms in total. The number of carbonyl (C=O) groups excluding carboxylic acids is 1. The molecule has 0 fully saturated rings. The molecule has 2 rings (SSSR count). The van der Waals surface area contributed by atoms with Crippen LogP contribution in [0, 0.1) is 0 Å². The van der Waals surface area contributed by atoms with E-state index >= 15 is 0 Å². The van der Waals surface area contributed by atoms with Crippen molar-refractivity contribution in [3.05, 3.63) is 35.9 Å². The number of benzene rings is 2. The molecule has 0 atom stereocenters. The van der Waals surface area contributed by atoms with Crippen LogP contribution in [-0.4, -0.2) is 11.0 Å². The largest absolute Gasteiger partial charge is 0.507 e. The van der Waals surface area contributed by atoms with Crippen LogP contribution >= 0.6 is 0 Å². The molecule has 5 N–H and O–H groups in total. The molecule has 0 saturated carbocycles. The molecule has 1 amide bonds. The van der Waals surface area contributed by atoms with E-state index in [1.807, 2.05) is 0 Å². The van der Waals surface area contributed by atoms with Gasteiger partial charge in [0, 0.05) is 5.69 Å². The Balaban J connectivity index is 2.88. The van der Waals surface area contributed by atoms with Crippen molar-refractivity contribution in [1.82, 2.24) is 0 Å². The predicted molar refractivity (Wildman–Crippen MR) is 58.5 cm³/mol. The number of nitrogens with two attached hydrogens (primary N) is 2. The minimum atomic E-state index is -0.650. The van der Waals surface area contributed by atoms with Crippen molar-refractivity contribution in [2.24, 2.45) is 5.73 Å². The third-order valence-corrected chi connectivity index (χ3v) is 2.27. The van der Waals surface area contributed by atoms with Crippen molar-refractivity contribution in [3.63, 3.8) is 0 Å². The molecule has 2 aromatic rings. The topological polar surface area (TPSA) is 89.3 Å². The number of hydrogen-bond acceptors (Lipinski definition) is 3. The first-order valence-corrected chi connectivity index (χ1v) is 4.40. The summed E-state index contributed by atoms with van der Waals surface area (Å²) in [4.78, 5) is 11.2. The molecule has 76 valence electrons. The molecule has 0 radical (unpaired) electrons. The van der Waals surface area contributed by atoms with Crippen LogP contribution in [0.3, 0.4) is 0 Å². The fourth-order valence-electron chi connectivity index (χ4n) is 1.60. The number of carbonyl (C=O) groups is 1. The number of phenols is 1. The number of amides is 1. The van der Waals surface area contributed by atoms with Gasteiger partial charge in [0.2, 0.25) is 0 Å². The van der Waals surface area contributed by atoms with Gasteiger partial charge in [-0.15, -0.1) is 0 Å². The van der Waals surface area contributed by atoms with Crippen molar-refractivity contribution in [1.29, 1.82) is 0 Å². The van der Waals surface area contributed by atoms with Crippen LogP contribution in [-0.2, 0) is 0 Å². The van der Waals surface area contributed by atoms with Crippen molar-refractivity contribution >= 4 is 22.4 Å². The van der Waals surface area contributed by atoms with Gasteiger partial charge in [0.05, 0.1) is 5.56 Å². The van der Waals surface area contributed by atoms with Gasteiger partial charge in [-0.3, -0.25) is 4.79 Å². The average molecular weight is 202 g/mol. The Kier molecular flexibility index (Phi) is 1.97. The minimum Gasteiger partial charge on any atom is -0.507 e. The van der Waals surface area contributed by atoms with Crippen LogP contribution in [0.1, 0.15) is 10.4 Å². The maximum Gasteiger partial charge on any atom is 0.253 e. The zero-order valence-electron chi connectivity index (χ0n) is 7.90. The highest BCUT2D eigenvalue weighted by molar-refractivity contribution is 6.09. The van der Waals surface area contributed by atoms with Crippen LogP contribution in [0.25, 0.3) is 10.8 Å². The van der Waals surface area contributed by atoms with Gasteiger partial charge < -0.3 is 16.6 Å². The van der Waals surface area contributed by atoms with E-state index in [1.54, 1.807) is 24.3 Å². The van der Waals surface area contributed by atoms with Crippen LogP contribution in [0.2, 0.25) is 0 Å². The van der Waals surface area contributed by atoms with Crippen LogP contribution in [0.15, 0.2) is 30.3 Å². The van der Waals surface area contributed by atoms with E-state index in [1.165, 1.54) is 6.07 Å². The number of primary amides is 1. The quantitative estimate of drug-likeness (QED) is 0.607. The van der Waals surface area contributed by atoms with Crippen molar-refractivity contribution in [3.8, 4) is 5.75 Å². The molecule has 15 heavy (non-hydrogen) atoms. The summed E-state index contributed by atoms with van der Waals surface area (Å²) in [6.45, 7) is 0. The standard InChI is InChI=1S/C11H10N2O2/c12-7-2-3-8-6(5-7)1-4-9(14)10(8)11(13)15/h1-5,14H,12H2,(H2,13,15). The van der Waals surface area contributed by atoms with Gasteiger partial charge in [-0.1, -0.05) is 12.1 Å². The first-order valence-electron chi connectivity index (χ1n) is 4.40. The molecule has 0 heterocycles. The second-order valence-corrected chi connectivity index (χ2v) is 3.30.